The number of amides is 1. The van der Waals surface area contributed by atoms with Crippen LogP contribution in [0.2, 0.25) is 0 Å². The zero-order valence-electron chi connectivity index (χ0n) is 16.1. The second-order valence-electron chi connectivity index (χ2n) is 6.67. The molecule has 0 aliphatic heterocycles. The van der Waals surface area contributed by atoms with Gasteiger partial charge in [-0.3, -0.25) is 9.78 Å². The summed E-state index contributed by atoms with van der Waals surface area (Å²) in [5.74, 6) is -0.177. The third-order valence-electron chi connectivity index (χ3n) is 4.70. The van der Waals surface area contributed by atoms with Crippen molar-refractivity contribution in [3.8, 4) is 0 Å². The van der Waals surface area contributed by atoms with Gasteiger partial charge in [0.05, 0.1) is 16.1 Å². The SMILES string of the molecule is CC(=O)N(CCNS(=O)(=O)c1ccc(C)c(C)c1)c1cccc2cccnc12. The van der Waals surface area contributed by atoms with E-state index in [4.69, 9.17) is 0 Å². The van der Waals surface area contributed by atoms with Crippen LogP contribution in [0.1, 0.15) is 18.1 Å². The van der Waals surface area contributed by atoms with E-state index in [2.05, 4.69) is 9.71 Å². The molecule has 1 heterocycles. The molecule has 1 aromatic heterocycles. The largest absolute Gasteiger partial charge is 0.309 e. The number of carbonyl (C=O) groups excluding carboxylic acids is 1. The van der Waals surface area contributed by atoms with Crippen molar-refractivity contribution in [3.63, 3.8) is 0 Å². The minimum atomic E-state index is -3.65. The molecule has 0 fully saturated rings. The molecule has 0 bridgehead atoms. The van der Waals surface area contributed by atoms with Crippen LogP contribution in [0, 0.1) is 13.8 Å². The number of para-hydroxylation sites is 1. The van der Waals surface area contributed by atoms with Gasteiger partial charge in [0, 0.05) is 31.6 Å². The van der Waals surface area contributed by atoms with Gasteiger partial charge in [-0.15, -0.1) is 0 Å². The maximum Gasteiger partial charge on any atom is 0.240 e. The minimum absolute atomic E-state index is 0.0953. The number of benzene rings is 2. The van der Waals surface area contributed by atoms with Crippen LogP contribution in [0.15, 0.2) is 59.6 Å². The number of anilines is 1. The molecule has 2 aromatic carbocycles. The topological polar surface area (TPSA) is 79.4 Å². The molecule has 3 rings (SSSR count). The number of nitrogens with one attached hydrogen (secondary N) is 1. The zero-order valence-corrected chi connectivity index (χ0v) is 17.0. The summed E-state index contributed by atoms with van der Waals surface area (Å²) in [7, 11) is -3.65. The highest BCUT2D eigenvalue weighted by molar-refractivity contribution is 7.89. The van der Waals surface area contributed by atoms with Crippen molar-refractivity contribution in [2.45, 2.75) is 25.7 Å². The number of sulfonamides is 1. The van der Waals surface area contributed by atoms with Crippen LogP contribution in [0.25, 0.3) is 10.9 Å². The van der Waals surface area contributed by atoms with Gasteiger partial charge in [0.2, 0.25) is 15.9 Å². The van der Waals surface area contributed by atoms with Crippen molar-refractivity contribution in [2.75, 3.05) is 18.0 Å². The first kappa shape index (κ1) is 20.0. The molecule has 0 atom stereocenters. The average molecular weight is 398 g/mol. The highest BCUT2D eigenvalue weighted by Crippen LogP contribution is 2.24. The summed E-state index contributed by atoms with van der Waals surface area (Å²) in [5.41, 5.74) is 3.31. The molecule has 0 aliphatic rings. The van der Waals surface area contributed by atoms with E-state index in [-0.39, 0.29) is 23.9 Å². The molecule has 0 unspecified atom stereocenters. The summed E-state index contributed by atoms with van der Waals surface area (Å²) in [6, 6.07) is 14.4. The maximum absolute atomic E-state index is 12.6. The van der Waals surface area contributed by atoms with Crippen LogP contribution in [0.4, 0.5) is 5.69 Å². The number of hydrogen-bond acceptors (Lipinski definition) is 4. The van der Waals surface area contributed by atoms with Crippen LogP contribution in [0.3, 0.4) is 0 Å². The summed E-state index contributed by atoms with van der Waals surface area (Å²) in [6.07, 6.45) is 1.67. The summed E-state index contributed by atoms with van der Waals surface area (Å²) in [6.45, 7) is 5.56. The molecular formula is C21H23N3O3S. The van der Waals surface area contributed by atoms with Gasteiger partial charge in [0.1, 0.15) is 0 Å². The van der Waals surface area contributed by atoms with Crippen molar-refractivity contribution in [2.24, 2.45) is 0 Å². The van der Waals surface area contributed by atoms with Crippen molar-refractivity contribution in [1.82, 2.24) is 9.71 Å². The molecule has 3 aromatic rings. The van der Waals surface area contributed by atoms with E-state index in [0.29, 0.717) is 11.2 Å². The lowest BCUT2D eigenvalue weighted by Gasteiger charge is -2.22. The van der Waals surface area contributed by atoms with Gasteiger partial charge >= 0.3 is 0 Å². The Morgan fingerprint density at radius 2 is 1.82 bits per heavy atom. The quantitative estimate of drug-likeness (QED) is 0.693. The number of pyridine rings is 1. The lowest BCUT2D eigenvalue weighted by Crippen LogP contribution is -2.37. The van der Waals surface area contributed by atoms with E-state index < -0.39 is 10.0 Å². The molecular weight excluding hydrogens is 374 g/mol. The third-order valence-corrected chi connectivity index (χ3v) is 6.16. The van der Waals surface area contributed by atoms with Gasteiger partial charge in [-0.25, -0.2) is 13.1 Å². The molecule has 1 amide bonds. The minimum Gasteiger partial charge on any atom is -0.309 e. The monoisotopic (exact) mass is 397 g/mol. The second-order valence-corrected chi connectivity index (χ2v) is 8.43. The number of aromatic nitrogens is 1. The molecule has 6 nitrogen and oxygen atoms in total. The van der Waals surface area contributed by atoms with E-state index in [1.165, 1.54) is 11.8 Å². The van der Waals surface area contributed by atoms with Crippen LogP contribution < -0.4 is 9.62 Å². The van der Waals surface area contributed by atoms with E-state index in [1.54, 1.807) is 24.4 Å². The number of hydrogen-bond donors (Lipinski definition) is 1. The lowest BCUT2D eigenvalue weighted by molar-refractivity contribution is -0.116. The fourth-order valence-electron chi connectivity index (χ4n) is 3.01. The first-order valence-electron chi connectivity index (χ1n) is 8.98. The van der Waals surface area contributed by atoms with Crippen molar-refractivity contribution in [3.05, 3.63) is 65.9 Å². The molecule has 0 saturated carbocycles. The Kier molecular flexibility index (Phi) is 5.76. The first-order valence-corrected chi connectivity index (χ1v) is 10.5. The van der Waals surface area contributed by atoms with Crippen molar-refractivity contribution < 1.29 is 13.2 Å². The summed E-state index contributed by atoms with van der Waals surface area (Å²) >= 11 is 0. The first-order chi connectivity index (χ1) is 13.3. The van der Waals surface area contributed by atoms with Gasteiger partial charge in [-0.05, 0) is 49.2 Å². The van der Waals surface area contributed by atoms with Crippen LogP contribution in [0.5, 0.6) is 0 Å². The molecule has 146 valence electrons. The van der Waals surface area contributed by atoms with Crippen LogP contribution >= 0.6 is 0 Å². The number of nitrogens with zero attached hydrogens (tertiary/aromatic N) is 2. The highest BCUT2D eigenvalue weighted by atomic mass is 32.2. The maximum atomic E-state index is 12.6. The van der Waals surface area contributed by atoms with Crippen LogP contribution in [-0.4, -0.2) is 32.4 Å². The predicted molar refractivity (Wildman–Crippen MR) is 111 cm³/mol. The molecule has 0 saturated heterocycles. The fraction of sp³-hybridized carbons (Fsp3) is 0.238. The third kappa shape index (κ3) is 4.21. The Labute approximate surface area is 165 Å². The van der Waals surface area contributed by atoms with E-state index in [9.17, 15) is 13.2 Å². The molecule has 7 heteroatoms. The van der Waals surface area contributed by atoms with Crippen molar-refractivity contribution >= 4 is 32.5 Å². The van der Waals surface area contributed by atoms with Crippen LogP contribution in [-0.2, 0) is 14.8 Å². The van der Waals surface area contributed by atoms with Gasteiger partial charge < -0.3 is 4.90 Å². The van der Waals surface area contributed by atoms with Gasteiger partial charge in [-0.1, -0.05) is 24.3 Å². The molecule has 0 spiro atoms. The van der Waals surface area contributed by atoms with Gasteiger partial charge in [0.15, 0.2) is 0 Å². The summed E-state index contributed by atoms with van der Waals surface area (Å²) in [5, 5.41) is 0.918. The molecule has 28 heavy (non-hydrogen) atoms. The highest BCUT2D eigenvalue weighted by Gasteiger charge is 2.18. The smallest absolute Gasteiger partial charge is 0.240 e. The lowest BCUT2D eigenvalue weighted by atomic mass is 10.1. The number of rotatable bonds is 6. The Bertz CT molecular complexity index is 1120. The molecule has 0 radical (unpaired) electrons. The summed E-state index contributed by atoms with van der Waals surface area (Å²) in [4.78, 5) is 18.4. The number of fused-ring (bicyclic) bond motifs is 1. The Morgan fingerprint density at radius 1 is 1.07 bits per heavy atom. The normalized spacial score (nSPS) is 11.5. The average Bonchev–Trinajstić information content (AvgIpc) is 2.67. The number of aryl methyl sites for hydroxylation is 2. The van der Waals surface area contributed by atoms with Gasteiger partial charge in [-0.2, -0.15) is 0 Å². The fourth-order valence-corrected chi connectivity index (χ4v) is 4.12. The number of carbonyl (C=O) groups is 1. The summed E-state index contributed by atoms with van der Waals surface area (Å²) < 4.78 is 27.7. The van der Waals surface area contributed by atoms with E-state index in [1.807, 2.05) is 44.2 Å². The standard InChI is InChI=1S/C21H23N3O3S/c1-15-9-10-19(14-16(15)2)28(26,27)23-12-13-24(17(3)25)20-8-4-6-18-7-5-11-22-21(18)20/h4-11,14,23H,12-13H2,1-3H3. The van der Waals surface area contributed by atoms with Crippen molar-refractivity contribution in [1.29, 1.82) is 0 Å². The zero-order chi connectivity index (χ0) is 20.3. The van der Waals surface area contributed by atoms with Gasteiger partial charge in [0.25, 0.3) is 0 Å². The van der Waals surface area contributed by atoms with E-state index in [0.717, 1.165) is 16.5 Å². The van der Waals surface area contributed by atoms with E-state index >= 15 is 0 Å². The molecule has 1 N–H and O–H groups in total. The second kappa shape index (κ2) is 8.08. The predicted octanol–water partition coefficient (Wildman–Crippen LogP) is 3.18. The Balaban J connectivity index is 1.79. The molecule has 0 aliphatic carbocycles. The Hall–Kier alpha value is -2.77. The Morgan fingerprint density at radius 3 is 2.54 bits per heavy atom.